The summed E-state index contributed by atoms with van der Waals surface area (Å²) in [5.74, 6) is 0. The fourth-order valence-corrected chi connectivity index (χ4v) is 1.73. The third kappa shape index (κ3) is 1.89. The zero-order valence-corrected chi connectivity index (χ0v) is 7.98. The van der Waals surface area contributed by atoms with Crippen molar-refractivity contribution >= 4 is 0 Å². The summed E-state index contributed by atoms with van der Waals surface area (Å²) < 4.78 is 2.14. The SMILES string of the molecule is CC(N1CCNCC1)n1ccnc1. The van der Waals surface area contributed by atoms with Gasteiger partial charge in [-0.25, -0.2) is 4.98 Å². The molecule has 1 aliphatic heterocycles. The molecule has 0 bridgehead atoms. The van der Waals surface area contributed by atoms with E-state index in [1.54, 1.807) is 0 Å². The Labute approximate surface area is 78.6 Å². The van der Waals surface area contributed by atoms with Crippen molar-refractivity contribution in [3.63, 3.8) is 0 Å². The lowest BCUT2D eigenvalue weighted by Gasteiger charge is -2.33. The third-order valence-corrected chi connectivity index (χ3v) is 2.64. The predicted octanol–water partition coefficient (Wildman–Crippen LogP) is 0.307. The quantitative estimate of drug-likeness (QED) is 0.711. The maximum absolute atomic E-state index is 4.06. The van der Waals surface area contributed by atoms with E-state index in [2.05, 4.69) is 26.7 Å². The highest BCUT2D eigenvalue weighted by Gasteiger charge is 2.16. The summed E-state index contributed by atoms with van der Waals surface area (Å²) in [6.07, 6.45) is 6.17. The van der Waals surface area contributed by atoms with Crippen LogP contribution >= 0.6 is 0 Å². The molecule has 1 saturated heterocycles. The number of aromatic nitrogens is 2. The number of hydrogen-bond donors (Lipinski definition) is 1. The molecule has 1 atom stereocenters. The minimum Gasteiger partial charge on any atom is -0.322 e. The molecule has 0 aliphatic carbocycles. The molecule has 4 heteroatoms. The highest BCUT2D eigenvalue weighted by Crippen LogP contribution is 2.11. The summed E-state index contributed by atoms with van der Waals surface area (Å²) in [5.41, 5.74) is 0. The van der Waals surface area contributed by atoms with E-state index < -0.39 is 0 Å². The van der Waals surface area contributed by atoms with Crippen molar-refractivity contribution in [3.8, 4) is 0 Å². The van der Waals surface area contributed by atoms with Crippen LogP contribution in [0.15, 0.2) is 18.7 Å². The first-order chi connectivity index (χ1) is 6.38. The van der Waals surface area contributed by atoms with Crippen LogP contribution in [0, 0.1) is 0 Å². The van der Waals surface area contributed by atoms with Crippen LogP contribution in [0.3, 0.4) is 0 Å². The first-order valence-electron chi connectivity index (χ1n) is 4.80. The van der Waals surface area contributed by atoms with Gasteiger partial charge in [0.2, 0.25) is 0 Å². The smallest absolute Gasteiger partial charge is 0.0959 e. The van der Waals surface area contributed by atoms with E-state index in [4.69, 9.17) is 0 Å². The lowest BCUT2D eigenvalue weighted by Crippen LogP contribution is -2.45. The highest BCUT2D eigenvalue weighted by atomic mass is 15.3. The Bertz CT molecular complexity index is 238. The minimum absolute atomic E-state index is 0.435. The average molecular weight is 180 g/mol. The zero-order valence-electron chi connectivity index (χ0n) is 7.98. The lowest BCUT2D eigenvalue weighted by atomic mass is 10.3. The van der Waals surface area contributed by atoms with Crippen LogP contribution in [0.1, 0.15) is 13.1 Å². The number of piperazine rings is 1. The number of imidazole rings is 1. The van der Waals surface area contributed by atoms with Crippen molar-refractivity contribution in [3.05, 3.63) is 18.7 Å². The van der Waals surface area contributed by atoms with E-state index in [1.165, 1.54) is 0 Å². The maximum atomic E-state index is 4.06. The molecule has 72 valence electrons. The zero-order chi connectivity index (χ0) is 9.10. The number of nitrogens with zero attached hydrogens (tertiary/aromatic N) is 3. The second kappa shape index (κ2) is 3.89. The van der Waals surface area contributed by atoms with Crippen molar-refractivity contribution in [2.45, 2.75) is 13.1 Å². The van der Waals surface area contributed by atoms with Crippen LogP contribution in [0.5, 0.6) is 0 Å². The first kappa shape index (κ1) is 8.72. The van der Waals surface area contributed by atoms with Gasteiger partial charge in [-0.2, -0.15) is 0 Å². The number of hydrogen-bond acceptors (Lipinski definition) is 3. The van der Waals surface area contributed by atoms with E-state index >= 15 is 0 Å². The highest BCUT2D eigenvalue weighted by molar-refractivity contribution is 4.80. The van der Waals surface area contributed by atoms with Gasteiger partial charge in [0, 0.05) is 38.6 Å². The van der Waals surface area contributed by atoms with Gasteiger partial charge in [0.1, 0.15) is 0 Å². The van der Waals surface area contributed by atoms with E-state index in [0.717, 1.165) is 26.2 Å². The summed E-state index contributed by atoms with van der Waals surface area (Å²) in [5, 5.41) is 3.35. The van der Waals surface area contributed by atoms with Crippen molar-refractivity contribution < 1.29 is 0 Å². The molecule has 0 aromatic carbocycles. The standard InChI is InChI=1S/C9H16N4/c1-9(13-7-4-11-8-13)12-5-2-10-3-6-12/h4,7-10H,2-3,5-6H2,1H3. The predicted molar refractivity (Wildman–Crippen MR) is 51.4 cm³/mol. The van der Waals surface area contributed by atoms with Crippen LogP contribution in [0.25, 0.3) is 0 Å². The maximum Gasteiger partial charge on any atom is 0.0959 e. The molecule has 0 amide bonds. The van der Waals surface area contributed by atoms with Crippen molar-refractivity contribution in [1.82, 2.24) is 19.8 Å². The van der Waals surface area contributed by atoms with Gasteiger partial charge in [-0.15, -0.1) is 0 Å². The molecule has 0 radical (unpaired) electrons. The molecule has 1 fully saturated rings. The fourth-order valence-electron chi connectivity index (χ4n) is 1.73. The molecule has 2 heterocycles. The van der Waals surface area contributed by atoms with Gasteiger partial charge in [0.25, 0.3) is 0 Å². The molecule has 1 aliphatic rings. The van der Waals surface area contributed by atoms with Gasteiger partial charge in [0.05, 0.1) is 12.5 Å². The Morgan fingerprint density at radius 3 is 2.77 bits per heavy atom. The normalized spacial score (nSPS) is 21.6. The van der Waals surface area contributed by atoms with Crippen molar-refractivity contribution in [1.29, 1.82) is 0 Å². The molecule has 0 saturated carbocycles. The molecule has 1 N–H and O–H groups in total. The van der Waals surface area contributed by atoms with E-state index in [0.29, 0.717) is 6.17 Å². The van der Waals surface area contributed by atoms with Crippen molar-refractivity contribution in [2.24, 2.45) is 0 Å². The van der Waals surface area contributed by atoms with Crippen LogP contribution in [-0.2, 0) is 0 Å². The molecular formula is C9H16N4. The molecule has 1 unspecified atom stereocenters. The number of rotatable bonds is 2. The van der Waals surface area contributed by atoms with Gasteiger partial charge >= 0.3 is 0 Å². The Hall–Kier alpha value is -0.870. The van der Waals surface area contributed by atoms with Gasteiger partial charge in [0.15, 0.2) is 0 Å². The third-order valence-electron chi connectivity index (χ3n) is 2.64. The molecule has 0 spiro atoms. The largest absolute Gasteiger partial charge is 0.322 e. The Morgan fingerprint density at radius 1 is 1.38 bits per heavy atom. The second-order valence-corrected chi connectivity index (χ2v) is 3.43. The molecule has 1 aromatic heterocycles. The van der Waals surface area contributed by atoms with Gasteiger partial charge in [-0.1, -0.05) is 0 Å². The van der Waals surface area contributed by atoms with Crippen LogP contribution in [0.2, 0.25) is 0 Å². The molecule has 2 rings (SSSR count). The molecule has 4 nitrogen and oxygen atoms in total. The fraction of sp³-hybridized carbons (Fsp3) is 0.667. The van der Waals surface area contributed by atoms with E-state index in [-0.39, 0.29) is 0 Å². The minimum atomic E-state index is 0.435. The van der Waals surface area contributed by atoms with Crippen molar-refractivity contribution in [2.75, 3.05) is 26.2 Å². The van der Waals surface area contributed by atoms with E-state index in [9.17, 15) is 0 Å². The van der Waals surface area contributed by atoms with E-state index in [1.807, 2.05) is 18.7 Å². The Morgan fingerprint density at radius 2 is 2.15 bits per heavy atom. The average Bonchev–Trinajstić information content (AvgIpc) is 2.71. The Kier molecular flexibility index (Phi) is 2.61. The number of nitrogens with one attached hydrogen (secondary N) is 1. The monoisotopic (exact) mass is 180 g/mol. The summed E-state index contributed by atoms with van der Waals surface area (Å²) >= 11 is 0. The molecule has 1 aromatic rings. The van der Waals surface area contributed by atoms with Crippen LogP contribution in [0.4, 0.5) is 0 Å². The molecule has 13 heavy (non-hydrogen) atoms. The van der Waals surface area contributed by atoms with Gasteiger partial charge < -0.3 is 9.88 Å². The summed E-state index contributed by atoms with van der Waals surface area (Å²) in [6.45, 7) is 6.66. The molecular weight excluding hydrogens is 164 g/mol. The summed E-state index contributed by atoms with van der Waals surface area (Å²) in [4.78, 5) is 6.52. The second-order valence-electron chi connectivity index (χ2n) is 3.43. The first-order valence-corrected chi connectivity index (χ1v) is 4.80. The van der Waals surface area contributed by atoms with Gasteiger partial charge in [-0.3, -0.25) is 4.90 Å². The summed E-state index contributed by atoms with van der Waals surface area (Å²) in [6, 6.07) is 0. The lowest BCUT2D eigenvalue weighted by molar-refractivity contribution is 0.135. The van der Waals surface area contributed by atoms with Crippen LogP contribution in [-0.4, -0.2) is 40.6 Å². The topological polar surface area (TPSA) is 33.1 Å². The van der Waals surface area contributed by atoms with Gasteiger partial charge in [-0.05, 0) is 6.92 Å². The summed E-state index contributed by atoms with van der Waals surface area (Å²) in [7, 11) is 0. The van der Waals surface area contributed by atoms with Crippen LogP contribution < -0.4 is 5.32 Å². The Balaban J connectivity index is 1.99.